The number of pyridine rings is 1. The number of rotatable bonds is 3. The summed E-state index contributed by atoms with van der Waals surface area (Å²) in [6.45, 7) is 6.00. The van der Waals surface area contributed by atoms with Gasteiger partial charge >= 0.3 is 0 Å². The van der Waals surface area contributed by atoms with Gasteiger partial charge in [-0.05, 0) is 66.0 Å². The van der Waals surface area contributed by atoms with Crippen LogP contribution in [-0.2, 0) is 0 Å². The molecule has 0 aliphatic carbocycles. The number of aromatic nitrogens is 3. The first kappa shape index (κ1) is 17.9. The molecule has 0 aliphatic rings. The van der Waals surface area contributed by atoms with Crippen LogP contribution < -0.4 is 5.32 Å². The zero-order valence-electron chi connectivity index (χ0n) is 15.1. The number of benzene rings is 1. The molecular formula is C20H17BrN4OS. The number of nitrogens with one attached hydrogen (secondary N) is 1. The Hall–Kier alpha value is -2.51. The minimum atomic E-state index is -0.223. The average Bonchev–Trinajstić information content (AvgIpc) is 3.20. The summed E-state index contributed by atoms with van der Waals surface area (Å²) in [4.78, 5) is 21.9. The third-order valence-corrected chi connectivity index (χ3v) is 5.73. The lowest BCUT2D eigenvalue weighted by molar-refractivity contribution is 0.102. The molecule has 3 heterocycles. The topological polar surface area (TPSA) is 59.3 Å². The van der Waals surface area contributed by atoms with Gasteiger partial charge in [-0.3, -0.25) is 14.5 Å². The lowest BCUT2D eigenvalue weighted by Crippen LogP contribution is -2.15. The van der Waals surface area contributed by atoms with Crippen LogP contribution in [0.3, 0.4) is 0 Å². The molecule has 4 aromatic rings. The van der Waals surface area contributed by atoms with E-state index in [0.717, 1.165) is 21.4 Å². The maximum absolute atomic E-state index is 12.8. The number of aryl methyl sites for hydroxylation is 3. The zero-order valence-corrected chi connectivity index (χ0v) is 17.5. The van der Waals surface area contributed by atoms with E-state index in [1.54, 1.807) is 4.40 Å². The summed E-state index contributed by atoms with van der Waals surface area (Å²) in [7, 11) is 0. The van der Waals surface area contributed by atoms with Crippen molar-refractivity contribution < 1.29 is 4.79 Å². The molecule has 136 valence electrons. The molecule has 4 rings (SSSR count). The Kier molecular flexibility index (Phi) is 4.57. The number of anilines is 1. The van der Waals surface area contributed by atoms with Crippen molar-refractivity contribution in [3.63, 3.8) is 0 Å². The SMILES string of the molecule is Cc1ccc(-c2csc(NC(=O)c3c(C)nc4ccc(Br)cn34)n2)cc1C. The van der Waals surface area contributed by atoms with Crippen LogP contribution in [0, 0.1) is 20.8 Å². The van der Waals surface area contributed by atoms with E-state index in [-0.39, 0.29) is 5.91 Å². The fourth-order valence-corrected chi connectivity index (χ4v) is 3.98. The number of amides is 1. The van der Waals surface area contributed by atoms with E-state index >= 15 is 0 Å². The second-order valence-electron chi connectivity index (χ2n) is 6.41. The predicted molar refractivity (Wildman–Crippen MR) is 113 cm³/mol. The van der Waals surface area contributed by atoms with Crippen LogP contribution >= 0.6 is 27.3 Å². The van der Waals surface area contributed by atoms with Crippen molar-refractivity contribution in [2.75, 3.05) is 5.32 Å². The maximum Gasteiger partial charge on any atom is 0.276 e. The second kappa shape index (κ2) is 6.90. The Morgan fingerprint density at radius 1 is 1.11 bits per heavy atom. The fourth-order valence-electron chi connectivity index (χ4n) is 2.93. The molecule has 0 saturated carbocycles. The molecule has 0 aliphatic heterocycles. The van der Waals surface area contributed by atoms with E-state index in [1.165, 1.54) is 22.5 Å². The van der Waals surface area contributed by atoms with Crippen molar-refractivity contribution in [2.24, 2.45) is 0 Å². The van der Waals surface area contributed by atoms with Gasteiger partial charge in [0.05, 0.1) is 11.4 Å². The highest BCUT2D eigenvalue weighted by atomic mass is 79.9. The van der Waals surface area contributed by atoms with E-state index in [2.05, 4.69) is 63.3 Å². The van der Waals surface area contributed by atoms with Gasteiger partial charge in [0.2, 0.25) is 0 Å². The Morgan fingerprint density at radius 3 is 2.70 bits per heavy atom. The monoisotopic (exact) mass is 440 g/mol. The maximum atomic E-state index is 12.8. The first-order chi connectivity index (χ1) is 12.9. The molecule has 0 atom stereocenters. The first-order valence-electron chi connectivity index (χ1n) is 8.41. The minimum Gasteiger partial charge on any atom is -0.296 e. The number of carbonyl (C=O) groups is 1. The average molecular weight is 441 g/mol. The van der Waals surface area contributed by atoms with Gasteiger partial charge in [-0.1, -0.05) is 12.1 Å². The van der Waals surface area contributed by atoms with Crippen LogP contribution in [0.5, 0.6) is 0 Å². The van der Waals surface area contributed by atoms with Gasteiger partial charge in [0.1, 0.15) is 11.3 Å². The summed E-state index contributed by atoms with van der Waals surface area (Å²) in [5, 5.41) is 5.43. The van der Waals surface area contributed by atoms with E-state index in [4.69, 9.17) is 0 Å². The lowest BCUT2D eigenvalue weighted by Gasteiger charge is -2.04. The standard InChI is InChI=1S/C20H17BrN4OS/c1-11-4-5-14(8-12(11)2)16-10-27-20(23-16)24-19(26)18-13(3)22-17-7-6-15(21)9-25(17)18/h4-10H,1-3H3,(H,23,24,26). The Bertz CT molecular complexity index is 1180. The van der Waals surface area contributed by atoms with Crippen molar-refractivity contribution in [3.05, 3.63) is 68.9 Å². The molecule has 27 heavy (non-hydrogen) atoms. The second-order valence-corrected chi connectivity index (χ2v) is 8.19. The van der Waals surface area contributed by atoms with Gasteiger partial charge in [-0.15, -0.1) is 11.3 Å². The Morgan fingerprint density at radius 2 is 1.93 bits per heavy atom. The van der Waals surface area contributed by atoms with Crippen molar-refractivity contribution in [2.45, 2.75) is 20.8 Å². The van der Waals surface area contributed by atoms with Crippen molar-refractivity contribution in [1.29, 1.82) is 0 Å². The summed E-state index contributed by atoms with van der Waals surface area (Å²) < 4.78 is 2.67. The molecule has 0 bridgehead atoms. The fraction of sp³-hybridized carbons (Fsp3) is 0.150. The molecule has 3 aromatic heterocycles. The number of thiazole rings is 1. The van der Waals surface area contributed by atoms with E-state index < -0.39 is 0 Å². The molecule has 1 N–H and O–H groups in total. The van der Waals surface area contributed by atoms with Crippen LogP contribution in [0.2, 0.25) is 0 Å². The highest BCUT2D eigenvalue weighted by molar-refractivity contribution is 9.10. The number of nitrogens with zero attached hydrogens (tertiary/aromatic N) is 3. The molecule has 0 saturated heterocycles. The number of halogens is 1. The van der Waals surface area contributed by atoms with E-state index in [1.807, 2.05) is 30.6 Å². The summed E-state index contributed by atoms with van der Waals surface area (Å²) in [5.41, 5.74) is 6.29. The van der Waals surface area contributed by atoms with Gasteiger partial charge in [0, 0.05) is 21.6 Å². The Balaban J connectivity index is 1.63. The first-order valence-corrected chi connectivity index (χ1v) is 10.1. The lowest BCUT2D eigenvalue weighted by atomic mass is 10.1. The summed E-state index contributed by atoms with van der Waals surface area (Å²) >= 11 is 4.85. The summed E-state index contributed by atoms with van der Waals surface area (Å²) in [6, 6.07) is 10.0. The third-order valence-electron chi connectivity index (χ3n) is 4.50. The molecule has 5 nitrogen and oxygen atoms in total. The van der Waals surface area contributed by atoms with Crippen molar-refractivity contribution >= 4 is 44.0 Å². The number of fused-ring (bicyclic) bond motifs is 1. The third kappa shape index (κ3) is 3.40. The van der Waals surface area contributed by atoms with Gasteiger partial charge in [-0.25, -0.2) is 9.97 Å². The van der Waals surface area contributed by atoms with Crippen LogP contribution in [-0.4, -0.2) is 20.3 Å². The predicted octanol–water partition coefficient (Wildman–Crippen LogP) is 5.40. The summed E-state index contributed by atoms with van der Waals surface area (Å²) in [6.07, 6.45) is 1.84. The Labute approximate surface area is 169 Å². The van der Waals surface area contributed by atoms with Crippen LogP contribution in [0.1, 0.15) is 27.3 Å². The van der Waals surface area contributed by atoms with Gasteiger partial charge in [-0.2, -0.15) is 0 Å². The molecule has 1 amide bonds. The molecule has 7 heteroatoms. The number of carbonyl (C=O) groups excluding carboxylic acids is 1. The largest absolute Gasteiger partial charge is 0.296 e. The normalized spacial score (nSPS) is 11.1. The highest BCUT2D eigenvalue weighted by Crippen LogP contribution is 2.27. The minimum absolute atomic E-state index is 0.223. The van der Waals surface area contributed by atoms with Gasteiger partial charge in [0.25, 0.3) is 5.91 Å². The van der Waals surface area contributed by atoms with Crippen LogP contribution in [0.15, 0.2) is 46.4 Å². The molecule has 0 unspecified atom stereocenters. The highest BCUT2D eigenvalue weighted by Gasteiger charge is 2.18. The van der Waals surface area contributed by atoms with Gasteiger partial charge in [0.15, 0.2) is 5.13 Å². The van der Waals surface area contributed by atoms with E-state index in [9.17, 15) is 4.79 Å². The van der Waals surface area contributed by atoms with Crippen molar-refractivity contribution in [1.82, 2.24) is 14.4 Å². The molecule has 0 radical (unpaired) electrons. The number of imidazole rings is 1. The molecule has 1 aromatic carbocycles. The number of hydrogen-bond donors (Lipinski definition) is 1. The molecule has 0 fully saturated rings. The number of hydrogen-bond acceptors (Lipinski definition) is 4. The summed E-state index contributed by atoms with van der Waals surface area (Å²) in [5.74, 6) is -0.223. The molecule has 0 spiro atoms. The zero-order chi connectivity index (χ0) is 19.1. The van der Waals surface area contributed by atoms with E-state index in [0.29, 0.717) is 16.5 Å². The van der Waals surface area contributed by atoms with Crippen molar-refractivity contribution in [3.8, 4) is 11.3 Å². The molecular weight excluding hydrogens is 424 g/mol. The smallest absolute Gasteiger partial charge is 0.276 e. The van der Waals surface area contributed by atoms with Gasteiger partial charge < -0.3 is 0 Å². The quantitative estimate of drug-likeness (QED) is 0.463. The van der Waals surface area contributed by atoms with Crippen LogP contribution in [0.25, 0.3) is 16.9 Å². The van der Waals surface area contributed by atoms with Crippen LogP contribution in [0.4, 0.5) is 5.13 Å².